The first kappa shape index (κ1) is 19.6. The molecule has 0 aliphatic rings. The molecule has 3 heteroatoms. The second-order valence-corrected chi connectivity index (χ2v) is 6.56. The molecule has 2 N–H and O–H groups in total. The van der Waals surface area contributed by atoms with Crippen LogP contribution in [-0.4, -0.2) is 18.8 Å². The van der Waals surface area contributed by atoms with E-state index in [1.54, 1.807) is 0 Å². The normalized spacial score (nSPS) is 13.3. The molecule has 0 saturated carbocycles. The highest BCUT2D eigenvalue weighted by Gasteiger charge is 2.16. The zero-order chi connectivity index (χ0) is 17.2. The molecule has 1 aromatic carbocycles. The van der Waals surface area contributed by atoms with E-state index in [1.165, 1.54) is 5.57 Å². The Bertz CT molecular complexity index is 492. The summed E-state index contributed by atoms with van der Waals surface area (Å²) in [5.41, 5.74) is 3.26. The number of anilines is 1. The molecule has 3 nitrogen and oxygen atoms in total. The lowest BCUT2D eigenvalue weighted by atomic mass is 9.93. The SMILES string of the molecule is CCCOc1ccc(C(O)C[C@H](C)CCC=C(C)C)c(NC)c1. The predicted molar refractivity (Wildman–Crippen MR) is 99.2 cm³/mol. The smallest absolute Gasteiger partial charge is 0.121 e. The maximum atomic E-state index is 10.6. The van der Waals surface area contributed by atoms with Gasteiger partial charge in [0, 0.05) is 24.4 Å². The first-order valence-corrected chi connectivity index (χ1v) is 8.73. The molecular weight excluding hydrogens is 286 g/mol. The highest BCUT2D eigenvalue weighted by Crippen LogP contribution is 2.32. The molecule has 0 amide bonds. The van der Waals surface area contributed by atoms with Gasteiger partial charge in [0.05, 0.1) is 12.7 Å². The third kappa shape index (κ3) is 7.08. The van der Waals surface area contributed by atoms with Gasteiger partial charge in [-0.15, -0.1) is 0 Å². The van der Waals surface area contributed by atoms with Gasteiger partial charge >= 0.3 is 0 Å². The predicted octanol–water partition coefficient (Wildman–Crippen LogP) is 5.32. The Hall–Kier alpha value is -1.48. The van der Waals surface area contributed by atoms with Crippen LogP contribution in [0, 0.1) is 5.92 Å². The van der Waals surface area contributed by atoms with Crippen molar-refractivity contribution >= 4 is 5.69 Å². The van der Waals surface area contributed by atoms with Crippen molar-refractivity contribution in [3.63, 3.8) is 0 Å². The van der Waals surface area contributed by atoms with Crippen LogP contribution in [0.5, 0.6) is 5.75 Å². The van der Waals surface area contributed by atoms with E-state index in [0.29, 0.717) is 12.5 Å². The molecule has 0 fully saturated rings. The lowest BCUT2D eigenvalue weighted by Crippen LogP contribution is -2.08. The summed E-state index contributed by atoms with van der Waals surface area (Å²) in [5, 5.41) is 13.8. The summed E-state index contributed by atoms with van der Waals surface area (Å²) in [7, 11) is 1.88. The average Bonchev–Trinajstić information content (AvgIpc) is 2.52. The van der Waals surface area contributed by atoms with Crippen molar-refractivity contribution in [2.45, 2.75) is 59.5 Å². The molecule has 23 heavy (non-hydrogen) atoms. The second kappa shape index (κ2) is 10.3. The van der Waals surface area contributed by atoms with Gasteiger partial charge < -0.3 is 15.2 Å². The Labute approximate surface area is 141 Å². The summed E-state index contributed by atoms with van der Waals surface area (Å²) < 4.78 is 5.66. The Balaban J connectivity index is 2.67. The molecule has 1 rings (SSSR count). The molecule has 0 spiro atoms. The average molecular weight is 319 g/mol. The molecule has 0 saturated heterocycles. The van der Waals surface area contributed by atoms with Gasteiger partial charge in [-0.3, -0.25) is 0 Å². The number of hydrogen-bond acceptors (Lipinski definition) is 3. The standard InChI is InChI=1S/C20H33NO2/c1-6-12-23-17-10-11-18(19(14-17)21-5)20(22)13-16(4)9-7-8-15(2)3/h8,10-11,14,16,20-22H,6-7,9,12-13H2,1-5H3/t16-,20?/m1/s1. The minimum atomic E-state index is -0.445. The van der Waals surface area contributed by atoms with E-state index in [9.17, 15) is 5.11 Å². The molecule has 0 heterocycles. The fourth-order valence-corrected chi connectivity index (χ4v) is 2.63. The number of aliphatic hydroxyl groups excluding tert-OH is 1. The first-order chi connectivity index (χ1) is 11.0. The highest BCUT2D eigenvalue weighted by molar-refractivity contribution is 5.55. The summed E-state index contributed by atoms with van der Waals surface area (Å²) in [6.07, 6.45) is 5.78. The van der Waals surface area contributed by atoms with Crippen molar-refractivity contribution in [3.8, 4) is 5.75 Å². The van der Waals surface area contributed by atoms with Crippen LogP contribution in [0.15, 0.2) is 29.8 Å². The number of rotatable bonds is 10. The molecule has 0 aliphatic carbocycles. The van der Waals surface area contributed by atoms with Gasteiger partial charge in [0.15, 0.2) is 0 Å². The number of ether oxygens (including phenoxy) is 1. The largest absolute Gasteiger partial charge is 0.494 e. The quantitative estimate of drug-likeness (QED) is 0.573. The Morgan fingerprint density at radius 1 is 1.35 bits per heavy atom. The molecule has 2 atom stereocenters. The zero-order valence-electron chi connectivity index (χ0n) is 15.4. The lowest BCUT2D eigenvalue weighted by Gasteiger charge is -2.20. The summed E-state index contributed by atoms with van der Waals surface area (Å²) in [6, 6.07) is 5.90. The van der Waals surface area contributed by atoms with E-state index in [4.69, 9.17) is 4.74 Å². The summed E-state index contributed by atoms with van der Waals surface area (Å²) in [4.78, 5) is 0. The van der Waals surface area contributed by atoms with Crippen molar-refractivity contribution in [1.29, 1.82) is 0 Å². The molecule has 1 unspecified atom stereocenters. The Morgan fingerprint density at radius 2 is 2.09 bits per heavy atom. The van der Waals surface area contributed by atoms with Crippen LogP contribution in [0.25, 0.3) is 0 Å². The summed E-state index contributed by atoms with van der Waals surface area (Å²) in [5.74, 6) is 1.34. The topological polar surface area (TPSA) is 41.5 Å². The zero-order valence-corrected chi connectivity index (χ0v) is 15.4. The van der Waals surface area contributed by atoms with Crippen LogP contribution in [0.2, 0.25) is 0 Å². The minimum Gasteiger partial charge on any atom is -0.494 e. The van der Waals surface area contributed by atoms with E-state index in [-0.39, 0.29) is 0 Å². The van der Waals surface area contributed by atoms with Crippen molar-refractivity contribution in [1.82, 2.24) is 0 Å². The van der Waals surface area contributed by atoms with Crippen molar-refractivity contribution in [2.24, 2.45) is 5.92 Å². The van der Waals surface area contributed by atoms with Gasteiger partial charge in [-0.25, -0.2) is 0 Å². The number of allylic oxidation sites excluding steroid dienone is 2. The van der Waals surface area contributed by atoms with E-state index < -0.39 is 6.10 Å². The monoisotopic (exact) mass is 319 g/mol. The van der Waals surface area contributed by atoms with Gasteiger partial charge in [-0.1, -0.05) is 31.6 Å². The molecule has 0 aliphatic heterocycles. The van der Waals surface area contributed by atoms with E-state index in [1.807, 2.05) is 25.2 Å². The Morgan fingerprint density at radius 3 is 2.70 bits per heavy atom. The van der Waals surface area contributed by atoms with Crippen LogP contribution in [-0.2, 0) is 0 Å². The van der Waals surface area contributed by atoms with Crippen LogP contribution in [0.3, 0.4) is 0 Å². The first-order valence-electron chi connectivity index (χ1n) is 8.73. The van der Waals surface area contributed by atoms with Gasteiger partial charge in [0.2, 0.25) is 0 Å². The molecule has 0 radical (unpaired) electrons. The van der Waals surface area contributed by atoms with Crippen molar-refractivity contribution < 1.29 is 9.84 Å². The van der Waals surface area contributed by atoms with Gasteiger partial charge in [0.25, 0.3) is 0 Å². The maximum Gasteiger partial charge on any atom is 0.121 e. The highest BCUT2D eigenvalue weighted by atomic mass is 16.5. The minimum absolute atomic E-state index is 0.445. The van der Waals surface area contributed by atoms with E-state index in [2.05, 4.69) is 39.1 Å². The van der Waals surface area contributed by atoms with E-state index in [0.717, 1.165) is 42.7 Å². The second-order valence-electron chi connectivity index (χ2n) is 6.56. The van der Waals surface area contributed by atoms with Crippen molar-refractivity contribution in [3.05, 3.63) is 35.4 Å². The van der Waals surface area contributed by atoms with Crippen molar-refractivity contribution in [2.75, 3.05) is 19.0 Å². The third-order valence-corrected chi connectivity index (χ3v) is 3.96. The fraction of sp³-hybridized carbons (Fsp3) is 0.600. The van der Waals surface area contributed by atoms with Gasteiger partial charge in [-0.05, 0) is 51.5 Å². The molecular formula is C20H33NO2. The molecule has 130 valence electrons. The van der Waals surface area contributed by atoms with Gasteiger partial charge in [0.1, 0.15) is 5.75 Å². The molecule has 1 aromatic rings. The van der Waals surface area contributed by atoms with Crippen LogP contribution >= 0.6 is 0 Å². The fourth-order valence-electron chi connectivity index (χ4n) is 2.63. The summed E-state index contributed by atoms with van der Waals surface area (Å²) in [6.45, 7) is 9.27. The third-order valence-electron chi connectivity index (χ3n) is 3.96. The van der Waals surface area contributed by atoms with Crippen LogP contribution in [0.1, 0.15) is 65.0 Å². The van der Waals surface area contributed by atoms with Gasteiger partial charge in [-0.2, -0.15) is 0 Å². The number of aliphatic hydroxyl groups is 1. The summed E-state index contributed by atoms with van der Waals surface area (Å²) >= 11 is 0. The number of benzene rings is 1. The number of hydrogen-bond donors (Lipinski definition) is 2. The Kier molecular flexibility index (Phi) is 8.78. The lowest BCUT2D eigenvalue weighted by molar-refractivity contribution is 0.146. The van der Waals surface area contributed by atoms with E-state index >= 15 is 0 Å². The molecule has 0 bridgehead atoms. The van der Waals surface area contributed by atoms with Crippen LogP contribution in [0.4, 0.5) is 5.69 Å². The molecule has 0 aromatic heterocycles. The maximum absolute atomic E-state index is 10.6. The van der Waals surface area contributed by atoms with Crippen LogP contribution < -0.4 is 10.1 Å². The number of nitrogens with one attached hydrogen (secondary N) is 1.